The first-order valence-corrected chi connectivity index (χ1v) is 6.22. The largest absolute Gasteiger partial charge is 0.398 e. The summed E-state index contributed by atoms with van der Waals surface area (Å²) >= 11 is 1.85. The van der Waals surface area contributed by atoms with E-state index in [1.54, 1.807) is 0 Å². The van der Waals surface area contributed by atoms with E-state index >= 15 is 0 Å². The molecule has 0 spiro atoms. The van der Waals surface area contributed by atoms with Crippen LogP contribution in [0.1, 0.15) is 12.0 Å². The topological polar surface area (TPSA) is 29.3 Å². The van der Waals surface area contributed by atoms with Gasteiger partial charge in [-0.05, 0) is 57.4 Å². The van der Waals surface area contributed by atoms with Crippen LogP contribution in [-0.2, 0) is 0 Å². The molecule has 0 aliphatic carbocycles. The molecule has 0 bridgehead atoms. The van der Waals surface area contributed by atoms with E-state index in [-0.39, 0.29) is 0 Å². The van der Waals surface area contributed by atoms with Gasteiger partial charge < -0.3 is 10.6 Å². The zero-order chi connectivity index (χ0) is 11.3. The molecule has 0 fully saturated rings. The second-order valence-corrected chi connectivity index (χ2v) is 5.18. The first-order valence-electron chi connectivity index (χ1n) is 5.23. The monoisotopic (exact) mass is 224 g/mol. The van der Waals surface area contributed by atoms with Crippen molar-refractivity contribution in [1.29, 1.82) is 0 Å². The Morgan fingerprint density at radius 1 is 1.33 bits per heavy atom. The molecule has 1 aromatic carbocycles. The standard InChI is InChI=1S/C12H20N2S/c1-10-5-6-12(11(13)9-10)15-8-4-7-14(2)3/h5-6,9H,4,7-8,13H2,1-3H3. The SMILES string of the molecule is Cc1ccc(SCCCN(C)C)c(N)c1. The van der Waals surface area contributed by atoms with E-state index in [2.05, 4.69) is 38.1 Å². The summed E-state index contributed by atoms with van der Waals surface area (Å²) in [6.07, 6.45) is 1.20. The second kappa shape index (κ2) is 6.03. The minimum atomic E-state index is 0.907. The summed E-state index contributed by atoms with van der Waals surface area (Å²) in [6, 6.07) is 6.27. The molecule has 0 atom stereocenters. The van der Waals surface area contributed by atoms with Gasteiger partial charge in [-0.25, -0.2) is 0 Å². The highest BCUT2D eigenvalue weighted by molar-refractivity contribution is 7.99. The molecule has 0 aromatic heterocycles. The molecule has 0 saturated carbocycles. The van der Waals surface area contributed by atoms with Crippen LogP contribution in [0.4, 0.5) is 5.69 Å². The van der Waals surface area contributed by atoms with E-state index in [1.807, 2.05) is 17.8 Å². The minimum Gasteiger partial charge on any atom is -0.398 e. The van der Waals surface area contributed by atoms with Crippen LogP contribution in [0.2, 0.25) is 0 Å². The first kappa shape index (κ1) is 12.4. The molecule has 2 N–H and O–H groups in total. The first-order chi connectivity index (χ1) is 7.09. The molecule has 0 saturated heterocycles. The van der Waals surface area contributed by atoms with Crippen molar-refractivity contribution in [1.82, 2.24) is 4.90 Å². The van der Waals surface area contributed by atoms with E-state index in [4.69, 9.17) is 5.73 Å². The lowest BCUT2D eigenvalue weighted by molar-refractivity contribution is 0.410. The molecular weight excluding hydrogens is 204 g/mol. The van der Waals surface area contributed by atoms with E-state index in [1.165, 1.54) is 16.9 Å². The summed E-state index contributed by atoms with van der Waals surface area (Å²) in [4.78, 5) is 3.42. The van der Waals surface area contributed by atoms with Gasteiger partial charge in [-0.15, -0.1) is 11.8 Å². The van der Waals surface area contributed by atoms with Gasteiger partial charge in [-0.3, -0.25) is 0 Å². The number of benzene rings is 1. The Morgan fingerprint density at radius 2 is 2.07 bits per heavy atom. The fourth-order valence-electron chi connectivity index (χ4n) is 1.36. The van der Waals surface area contributed by atoms with Crippen LogP contribution in [0.5, 0.6) is 0 Å². The highest BCUT2D eigenvalue weighted by Gasteiger charge is 2.00. The molecule has 1 rings (SSSR count). The Bertz CT molecular complexity index is 310. The van der Waals surface area contributed by atoms with E-state index in [0.717, 1.165) is 18.0 Å². The summed E-state index contributed by atoms with van der Waals surface area (Å²) in [7, 11) is 4.20. The van der Waals surface area contributed by atoms with Gasteiger partial charge in [-0.2, -0.15) is 0 Å². The van der Waals surface area contributed by atoms with Gasteiger partial charge in [0.15, 0.2) is 0 Å². The highest BCUT2D eigenvalue weighted by atomic mass is 32.2. The molecule has 0 unspecified atom stereocenters. The quantitative estimate of drug-likeness (QED) is 0.473. The Morgan fingerprint density at radius 3 is 2.67 bits per heavy atom. The van der Waals surface area contributed by atoms with E-state index in [9.17, 15) is 0 Å². The fraction of sp³-hybridized carbons (Fsp3) is 0.500. The predicted octanol–water partition coefficient (Wildman–Crippen LogP) is 2.62. The van der Waals surface area contributed by atoms with Crippen LogP contribution in [0.3, 0.4) is 0 Å². The van der Waals surface area contributed by atoms with E-state index < -0.39 is 0 Å². The maximum absolute atomic E-state index is 5.93. The zero-order valence-corrected chi connectivity index (χ0v) is 10.6. The Balaban J connectivity index is 2.37. The van der Waals surface area contributed by atoms with Crippen molar-refractivity contribution in [2.75, 3.05) is 32.1 Å². The summed E-state index contributed by atoms with van der Waals surface area (Å²) < 4.78 is 0. The summed E-state index contributed by atoms with van der Waals surface area (Å²) in [5.41, 5.74) is 8.07. The van der Waals surface area contributed by atoms with Crippen LogP contribution in [0.25, 0.3) is 0 Å². The normalized spacial score (nSPS) is 10.9. The third-order valence-electron chi connectivity index (χ3n) is 2.17. The molecule has 3 heteroatoms. The summed E-state index contributed by atoms with van der Waals surface area (Å²) in [5.74, 6) is 1.13. The van der Waals surface area contributed by atoms with Crippen LogP contribution in [0, 0.1) is 6.92 Å². The van der Waals surface area contributed by atoms with Crippen LogP contribution in [0.15, 0.2) is 23.1 Å². The van der Waals surface area contributed by atoms with Crippen molar-refractivity contribution in [2.45, 2.75) is 18.2 Å². The van der Waals surface area contributed by atoms with Gasteiger partial charge in [0.1, 0.15) is 0 Å². The second-order valence-electron chi connectivity index (χ2n) is 4.05. The molecule has 2 nitrogen and oxygen atoms in total. The van der Waals surface area contributed by atoms with Crippen LogP contribution < -0.4 is 5.73 Å². The van der Waals surface area contributed by atoms with Crippen molar-refractivity contribution in [3.05, 3.63) is 23.8 Å². The lowest BCUT2D eigenvalue weighted by Crippen LogP contribution is -2.13. The Labute approximate surface area is 96.8 Å². The number of hydrogen-bond acceptors (Lipinski definition) is 3. The Kier molecular flexibility index (Phi) is 4.99. The van der Waals surface area contributed by atoms with Crippen LogP contribution in [-0.4, -0.2) is 31.3 Å². The maximum Gasteiger partial charge on any atom is 0.0454 e. The number of rotatable bonds is 5. The average molecular weight is 224 g/mol. The van der Waals surface area contributed by atoms with Crippen molar-refractivity contribution in [3.8, 4) is 0 Å². The molecule has 0 aliphatic rings. The van der Waals surface area contributed by atoms with Gasteiger partial charge in [0.2, 0.25) is 0 Å². The van der Waals surface area contributed by atoms with E-state index in [0.29, 0.717) is 0 Å². The molecule has 15 heavy (non-hydrogen) atoms. The average Bonchev–Trinajstić information content (AvgIpc) is 2.14. The van der Waals surface area contributed by atoms with Crippen molar-refractivity contribution >= 4 is 17.4 Å². The highest BCUT2D eigenvalue weighted by Crippen LogP contribution is 2.26. The van der Waals surface area contributed by atoms with Gasteiger partial charge in [-0.1, -0.05) is 6.07 Å². The molecule has 1 aromatic rings. The molecule has 0 heterocycles. The smallest absolute Gasteiger partial charge is 0.0454 e. The van der Waals surface area contributed by atoms with Gasteiger partial charge >= 0.3 is 0 Å². The molecule has 0 aliphatic heterocycles. The van der Waals surface area contributed by atoms with Gasteiger partial charge in [0, 0.05) is 10.6 Å². The summed E-state index contributed by atoms with van der Waals surface area (Å²) in [6.45, 7) is 3.20. The minimum absolute atomic E-state index is 0.907. The van der Waals surface area contributed by atoms with Gasteiger partial charge in [0.05, 0.1) is 0 Å². The lowest BCUT2D eigenvalue weighted by atomic mass is 10.2. The number of thioether (sulfide) groups is 1. The molecule has 84 valence electrons. The number of hydrogen-bond donors (Lipinski definition) is 1. The van der Waals surface area contributed by atoms with Crippen molar-refractivity contribution in [2.24, 2.45) is 0 Å². The third-order valence-corrected chi connectivity index (χ3v) is 3.35. The third kappa shape index (κ3) is 4.58. The number of nitrogens with zero attached hydrogens (tertiary/aromatic N) is 1. The maximum atomic E-state index is 5.93. The predicted molar refractivity (Wildman–Crippen MR) is 69.5 cm³/mol. The Hall–Kier alpha value is -0.670. The summed E-state index contributed by atoms with van der Waals surface area (Å²) in [5, 5.41) is 0. The molecule has 0 radical (unpaired) electrons. The molecule has 0 amide bonds. The lowest BCUT2D eigenvalue weighted by Gasteiger charge is -2.09. The van der Waals surface area contributed by atoms with Gasteiger partial charge in [0.25, 0.3) is 0 Å². The van der Waals surface area contributed by atoms with Crippen molar-refractivity contribution < 1.29 is 0 Å². The van der Waals surface area contributed by atoms with Crippen LogP contribution >= 0.6 is 11.8 Å². The number of nitrogen functional groups attached to an aromatic ring is 1. The number of nitrogens with two attached hydrogens (primary N) is 1. The zero-order valence-electron chi connectivity index (χ0n) is 9.79. The molecular formula is C12H20N2S. The fourth-order valence-corrected chi connectivity index (χ4v) is 2.25. The number of anilines is 1. The van der Waals surface area contributed by atoms with Crippen molar-refractivity contribution in [3.63, 3.8) is 0 Å². The number of aryl methyl sites for hydroxylation is 1.